The molecule has 3 aromatic carbocycles. The molecule has 0 fully saturated rings. The van der Waals surface area contributed by atoms with Gasteiger partial charge < -0.3 is 15.0 Å². The number of anilines is 1. The lowest BCUT2D eigenvalue weighted by Gasteiger charge is -2.33. The second-order valence-electron chi connectivity index (χ2n) is 8.92. The Morgan fingerprint density at radius 2 is 1.69 bits per heavy atom. The molecule has 1 atom stereocenters. The van der Waals surface area contributed by atoms with Crippen molar-refractivity contribution >= 4 is 39.1 Å². The van der Waals surface area contributed by atoms with Gasteiger partial charge in [-0.25, -0.2) is 8.42 Å². The lowest BCUT2D eigenvalue weighted by Crippen LogP contribution is -2.51. The maximum Gasteiger partial charge on any atom is 0.264 e. The Morgan fingerprint density at radius 3 is 2.31 bits per heavy atom. The van der Waals surface area contributed by atoms with E-state index in [2.05, 4.69) is 5.32 Å². The molecule has 1 unspecified atom stereocenters. The van der Waals surface area contributed by atoms with Crippen LogP contribution in [-0.4, -0.2) is 51.4 Å². The van der Waals surface area contributed by atoms with Crippen LogP contribution in [0.5, 0.6) is 5.75 Å². The summed E-state index contributed by atoms with van der Waals surface area (Å²) < 4.78 is 34.7. The normalized spacial score (nSPS) is 11.9. The smallest absolute Gasteiger partial charge is 0.264 e. The summed E-state index contributed by atoms with van der Waals surface area (Å²) in [5.41, 5.74) is 2.05. The number of carbonyl (C=O) groups excluding carboxylic acids is 2. The van der Waals surface area contributed by atoms with Gasteiger partial charge in [0.1, 0.15) is 18.3 Å². The molecule has 0 radical (unpaired) electrons. The van der Waals surface area contributed by atoms with E-state index >= 15 is 0 Å². The SMILES string of the molecule is CCOc1ccccc1N(CC(=O)N(Cc1cccc(C)c1)C(CC)C(=O)NC)S(=O)(=O)c1ccc(Cl)cc1. The van der Waals surface area contributed by atoms with Gasteiger partial charge in [-0.1, -0.05) is 60.5 Å². The molecule has 8 nitrogen and oxygen atoms in total. The number of ether oxygens (including phenoxy) is 1. The van der Waals surface area contributed by atoms with Crippen LogP contribution in [0, 0.1) is 6.92 Å². The van der Waals surface area contributed by atoms with Crippen LogP contribution in [0.15, 0.2) is 77.7 Å². The Hall–Kier alpha value is -3.56. The van der Waals surface area contributed by atoms with Gasteiger partial charge in [0.05, 0.1) is 17.2 Å². The van der Waals surface area contributed by atoms with Crippen LogP contribution in [0.3, 0.4) is 0 Å². The quantitative estimate of drug-likeness (QED) is 0.337. The van der Waals surface area contributed by atoms with Crippen molar-refractivity contribution in [2.45, 2.75) is 44.7 Å². The highest BCUT2D eigenvalue weighted by Crippen LogP contribution is 2.33. The van der Waals surface area contributed by atoms with E-state index < -0.39 is 28.5 Å². The van der Waals surface area contributed by atoms with E-state index in [1.807, 2.05) is 38.1 Å². The molecule has 0 aromatic heterocycles. The molecule has 0 saturated heterocycles. The Morgan fingerprint density at radius 1 is 1.00 bits per heavy atom. The summed E-state index contributed by atoms with van der Waals surface area (Å²) in [5, 5.41) is 3.01. The average Bonchev–Trinajstić information content (AvgIpc) is 2.92. The standard InChI is InChI=1S/C29H34ClN3O5S/c1-5-25(29(35)31-4)32(19-22-11-9-10-21(3)18-22)28(34)20-33(26-12-7-8-13-27(26)38-6-2)39(36,37)24-16-14-23(30)15-17-24/h7-18,25H,5-6,19-20H2,1-4H3,(H,31,35). The third kappa shape index (κ3) is 7.30. The van der Waals surface area contributed by atoms with Gasteiger partial charge in [-0.15, -0.1) is 0 Å². The Bertz CT molecular complexity index is 1400. The molecule has 0 bridgehead atoms. The molecule has 39 heavy (non-hydrogen) atoms. The average molecular weight is 572 g/mol. The zero-order valence-corrected chi connectivity index (χ0v) is 24.1. The van der Waals surface area contributed by atoms with Gasteiger partial charge in [-0.3, -0.25) is 13.9 Å². The van der Waals surface area contributed by atoms with Crippen molar-refractivity contribution in [3.63, 3.8) is 0 Å². The number of rotatable bonds is 12. The molecule has 0 aliphatic heterocycles. The molecule has 10 heteroatoms. The second kappa shape index (κ2) is 13.5. The highest BCUT2D eigenvalue weighted by molar-refractivity contribution is 7.92. The maximum atomic E-state index is 14.0. The van der Waals surface area contributed by atoms with Crippen LogP contribution in [-0.2, 0) is 26.2 Å². The number of amides is 2. The monoisotopic (exact) mass is 571 g/mol. The third-order valence-corrected chi connectivity index (χ3v) is 8.21. The van der Waals surface area contributed by atoms with E-state index in [0.29, 0.717) is 23.8 Å². The van der Waals surface area contributed by atoms with Crippen molar-refractivity contribution in [1.29, 1.82) is 0 Å². The molecule has 3 aromatic rings. The Kier molecular flexibility index (Phi) is 10.4. The van der Waals surface area contributed by atoms with E-state index in [9.17, 15) is 18.0 Å². The minimum atomic E-state index is -4.23. The fraction of sp³-hybridized carbons (Fsp3) is 0.310. The first kappa shape index (κ1) is 30.0. The molecular formula is C29H34ClN3O5S. The van der Waals surface area contributed by atoms with E-state index in [1.165, 1.54) is 36.2 Å². The van der Waals surface area contributed by atoms with Crippen LogP contribution >= 0.6 is 11.6 Å². The number of benzene rings is 3. The number of aryl methyl sites for hydroxylation is 1. The first-order valence-electron chi connectivity index (χ1n) is 12.7. The zero-order valence-electron chi connectivity index (χ0n) is 22.6. The Balaban J connectivity index is 2.11. The van der Waals surface area contributed by atoms with E-state index in [1.54, 1.807) is 31.2 Å². The molecule has 0 spiro atoms. The lowest BCUT2D eigenvalue weighted by atomic mass is 10.1. The molecule has 2 amide bonds. The number of carbonyl (C=O) groups is 2. The van der Waals surface area contributed by atoms with Crippen LogP contribution in [0.2, 0.25) is 5.02 Å². The topological polar surface area (TPSA) is 96.0 Å². The minimum absolute atomic E-state index is 0.0328. The van der Waals surface area contributed by atoms with Crippen LogP contribution in [0.25, 0.3) is 0 Å². The summed E-state index contributed by atoms with van der Waals surface area (Å²) in [7, 11) is -2.72. The first-order valence-corrected chi connectivity index (χ1v) is 14.5. The van der Waals surface area contributed by atoms with Gasteiger partial charge in [-0.2, -0.15) is 0 Å². The highest BCUT2D eigenvalue weighted by Gasteiger charge is 2.34. The predicted molar refractivity (Wildman–Crippen MR) is 153 cm³/mol. The van der Waals surface area contributed by atoms with Gasteiger partial charge in [0.25, 0.3) is 10.0 Å². The number of halogens is 1. The van der Waals surface area contributed by atoms with Crippen molar-refractivity contribution < 1.29 is 22.7 Å². The van der Waals surface area contributed by atoms with E-state index in [-0.39, 0.29) is 23.0 Å². The maximum absolute atomic E-state index is 14.0. The summed E-state index contributed by atoms with van der Waals surface area (Å²) >= 11 is 6.01. The Labute approximate surface area is 235 Å². The summed E-state index contributed by atoms with van der Waals surface area (Å²) in [6.45, 7) is 5.43. The number of likely N-dealkylation sites (N-methyl/N-ethyl adjacent to an activating group) is 1. The highest BCUT2D eigenvalue weighted by atomic mass is 35.5. The summed E-state index contributed by atoms with van der Waals surface area (Å²) in [6.07, 6.45) is 0.344. The van der Waals surface area contributed by atoms with Gasteiger partial charge in [0, 0.05) is 18.6 Å². The van der Waals surface area contributed by atoms with Crippen molar-refractivity contribution in [2.75, 3.05) is 24.5 Å². The van der Waals surface area contributed by atoms with Crippen molar-refractivity contribution in [3.05, 3.63) is 88.9 Å². The number of hydrogen-bond donors (Lipinski definition) is 1. The van der Waals surface area contributed by atoms with Gasteiger partial charge in [0.2, 0.25) is 11.8 Å². The lowest BCUT2D eigenvalue weighted by molar-refractivity contribution is -0.140. The van der Waals surface area contributed by atoms with Crippen LogP contribution in [0.1, 0.15) is 31.4 Å². The van der Waals surface area contributed by atoms with Gasteiger partial charge in [0.15, 0.2) is 0 Å². The molecule has 208 valence electrons. The largest absolute Gasteiger partial charge is 0.492 e. The number of nitrogens with one attached hydrogen (secondary N) is 1. The molecular weight excluding hydrogens is 538 g/mol. The summed E-state index contributed by atoms with van der Waals surface area (Å²) in [4.78, 5) is 28.2. The van der Waals surface area contributed by atoms with Crippen LogP contribution < -0.4 is 14.4 Å². The van der Waals surface area contributed by atoms with Gasteiger partial charge in [-0.05, 0) is 62.2 Å². The summed E-state index contributed by atoms with van der Waals surface area (Å²) in [6, 6.07) is 19.2. The van der Waals surface area contributed by atoms with Crippen molar-refractivity contribution in [3.8, 4) is 5.75 Å². The molecule has 0 aliphatic rings. The first-order chi connectivity index (χ1) is 18.6. The van der Waals surface area contributed by atoms with E-state index in [4.69, 9.17) is 16.3 Å². The fourth-order valence-corrected chi connectivity index (χ4v) is 5.83. The molecule has 0 aliphatic carbocycles. The third-order valence-electron chi connectivity index (χ3n) is 6.18. The fourth-order valence-electron chi connectivity index (χ4n) is 4.28. The van der Waals surface area contributed by atoms with Crippen molar-refractivity contribution in [2.24, 2.45) is 0 Å². The minimum Gasteiger partial charge on any atom is -0.492 e. The zero-order chi connectivity index (χ0) is 28.6. The van der Waals surface area contributed by atoms with Gasteiger partial charge >= 0.3 is 0 Å². The predicted octanol–water partition coefficient (Wildman–Crippen LogP) is 4.80. The van der Waals surface area contributed by atoms with E-state index in [0.717, 1.165) is 15.4 Å². The number of sulfonamides is 1. The summed E-state index contributed by atoms with van der Waals surface area (Å²) in [5.74, 6) is -0.551. The molecule has 0 saturated carbocycles. The van der Waals surface area contributed by atoms with Crippen molar-refractivity contribution in [1.82, 2.24) is 10.2 Å². The molecule has 0 heterocycles. The number of hydrogen-bond acceptors (Lipinski definition) is 5. The van der Waals surface area contributed by atoms with Crippen LogP contribution in [0.4, 0.5) is 5.69 Å². The molecule has 3 rings (SSSR count). The molecule has 1 N–H and O–H groups in total. The number of para-hydroxylation sites is 2. The second-order valence-corrected chi connectivity index (χ2v) is 11.2. The number of nitrogens with zero attached hydrogens (tertiary/aromatic N) is 2.